The van der Waals surface area contributed by atoms with Gasteiger partial charge in [-0.05, 0) is 43.4 Å². The molecular formula is C21H32N4O2S. The van der Waals surface area contributed by atoms with Gasteiger partial charge in [-0.15, -0.1) is 10.2 Å². The number of carbonyl (C=O) groups is 1. The Hall–Kier alpha value is -2.02. The summed E-state index contributed by atoms with van der Waals surface area (Å²) >= 11 is 1.44. The summed E-state index contributed by atoms with van der Waals surface area (Å²) in [5, 5.41) is 12.1. The lowest BCUT2D eigenvalue weighted by Gasteiger charge is -2.15. The maximum absolute atomic E-state index is 12.2. The molecule has 0 spiro atoms. The zero-order valence-corrected chi connectivity index (χ0v) is 18.4. The van der Waals surface area contributed by atoms with Crippen LogP contribution in [0.25, 0.3) is 0 Å². The van der Waals surface area contributed by atoms with Gasteiger partial charge in [0.25, 0.3) is 0 Å². The minimum atomic E-state index is -0.225. The van der Waals surface area contributed by atoms with Crippen LogP contribution in [0.5, 0.6) is 5.75 Å². The largest absolute Gasteiger partial charge is 0.486 e. The van der Waals surface area contributed by atoms with Crippen LogP contribution in [0.2, 0.25) is 0 Å². The molecule has 1 amide bonds. The van der Waals surface area contributed by atoms with Crippen LogP contribution >= 0.6 is 11.8 Å². The van der Waals surface area contributed by atoms with Crippen molar-refractivity contribution in [3.63, 3.8) is 0 Å². The second kappa shape index (κ2) is 11.1. The molecule has 2 aromatic rings. The second-order valence-electron chi connectivity index (χ2n) is 7.24. The Kier molecular flexibility index (Phi) is 8.83. The molecule has 1 unspecified atom stereocenters. The van der Waals surface area contributed by atoms with Gasteiger partial charge in [-0.3, -0.25) is 4.79 Å². The van der Waals surface area contributed by atoms with Crippen molar-refractivity contribution in [1.29, 1.82) is 0 Å². The summed E-state index contributed by atoms with van der Waals surface area (Å²) in [6, 6.07) is 8.12. The van der Waals surface area contributed by atoms with Crippen LogP contribution in [0.3, 0.4) is 0 Å². The molecule has 0 fully saturated rings. The number of amides is 1. The number of aryl methyl sites for hydroxylation is 1. The molecule has 0 saturated heterocycles. The van der Waals surface area contributed by atoms with Gasteiger partial charge < -0.3 is 14.6 Å². The van der Waals surface area contributed by atoms with Crippen molar-refractivity contribution in [1.82, 2.24) is 20.1 Å². The van der Waals surface area contributed by atoms with Crippen molar-refractivity contribution in [2.45, 2.75) is 71.0 Å². The van der Waals surface area contributed by atoms with E-state index in [4.69, 9.17) is 4.74 Å². The highest BCUT2D eigenvalue weighted by atomic mass is 32.2. The van der Waals surface area contributed by atoms with Crippen molar-refractivity contribution in [2.75, 3.05) is 6.54 Å². The van der Waals surface area contributed by atoms with E-state index in [0.29, 0.717) is 19.1 Å². The van der Waals surface area contributed by atoms with Gasteiger partial charge in [-0.25, -0.2) is 0 Å². The molecule has 1 atom stereocenters. The second-order valence-corrected chi connectivity index (χ2v) is 8.55. The first-order chi connectivity index (χ1) is 13.4. The third-order valence-corrected chi connectivity index (χ3v) is 5.32. The molecule has 7 heteroatoms. The maximum Gasteiger partial charge on any atom is 0.233 e. The van der Waals surface area contributed by atoms with E-state index in [1.807, 2.05) is 26.0 Å². The van der Waals surface area contributed by atoms with E-state index in [0.717, 1.165) is 36.1 Å². The summed E-state index contributed by atoms with van der Waals surface area (Å²) in [5.74, 6) is 2.05. The van der Waals surface area contributed by atoms with E-state index in [-0.39, 0.29) is 11.2 Å². The summed E-state index contributed by atoms with van der Waals surface area (Å²) in [5.41, 5.74) is 1.28. The lowest BCUT2D eigenvalue weighted by atomic mass is 10.2. The Morgan fingerprint density at radius 1 is 1.18 bits per heavy atom. The third-order valence-electron chi connectivity index (χ3n) is 4.24. The molecule has 0 radical (unpaired) electrons. The summed E-state index contributed by atoms with van der Waals surface area (Å²) < 4.78 is 7.99. The monoisotopic (exact) mass is 404 g/mol. The molecule has 6 nitrogen and oxygen atoms in total. The van der Waals surface area contributed by atoms with Crippen molar-refractivity contribution in [3.8, 4) is 5.75 Å². The van der Waals surface area contributed by atoms with E-state index >= 15 is 0 Å². The van der Waals surface area contributed by atoms with Gasteiger partial charge in [0.15, 0.2) is 11.0 Å². The van der Waals surface area contributed by atoms with Crippen molar-refractivity contribution < 1.29 is 9.53 Å². The SMILES string of the molecule is CCCNC(=O)C(C)Sc1nnc(COc2ccc(CC)cc2)n1CC(C)C. The zero-order valence-electron chi connectivity index (χ0n) is 17.6. The number of nitrogens with zero attached hydrogens (tertiary/aromatic N) is 3. The molecule has 1 heterocycles. The lowest BCUT2D eigenvalue weighted by molar-refractivity contribution is -0.120. The molecule has 0 saturated carbocycles. The van der Waals surface area contributed by atoms with Crippen molar-refractivity contribution >= 4 is 17.7 Å². The van der Waals surface area contributed by atoms with Crippen molar-refractivity contribution in [2.24, 2.45) is 5.92 Å². The number of hydrogen-bond donors (Lipinski definition) is 1. The number of thioether (sulfide) groups is 1. The first kappa shape index (κ1) is 22.3. The fourth-order valence-electron chi connectivity index (χ4n) is 2.63. The van der Waals surface area contributed by atoms with Gasteiger partial charge >= 0.3 is 0 Å². The maximum atomic E-state index is 12.2. The number of rotatable bonds is 11. The summed E-state index contributed by atoms with van der Waals surface area (Å²) in [7, 11) is 0. The van der Waals surface area contributed by atoms with E-state index in [1.54, 1.807) is 0 Å². The van der Waals surface area contributed by atoms with Crippen LogP contribution in [0, 0.1) is 5.92 Å². The quantitative estimate of drug-likeness (QED) is 0.572. The van der Waals surface area contributed by atoms with Crippen LogP contribution in [0.15, 0.2) is 29.4 Å². The van der Waals surface area contributed by atoms with Crippen LogP contribution in [0.1, 0.15) is 52.4 Å². The third kappa shape index (κ3) is 6.55. The Morgan fingerprint density at radius 3 is 2.50 bits per heavy atom. The molecule has 154 valence electrons. The van der Waals surface area contributed by atoms with Gasteiger partial charge in [-0.1, -0.05) is 51.6 Å². The van der Waals surface area contributed by atoms with Crippen molar-refractivity contribution in [3.05, 3.63) is 35.7 Å². The minimum Gasteiger partial charge on any atom is -0.486 e. The average Bonchev–Trinajstić information content (AvgIpc) is 3.05. The Bertz CT molecular complexity index is 743. The summed E-state index contributed by atoms with van der Waals surface area (Å²) in [4.78, 5) is 12.2. The molecule has 1 aromatic heterocycles. The molecule has 28 heavy (non-hydrogen) atoms. The molecule has 1 N–H and O–H groups in total. The van der Waals surface area contributed by atoms with Gasteiger partial charge in [0.05, 0.1) is 5.25 Å². The molecule has 0 aliphatic heterocycles. The van der Waals surface area contributed by atoms with Gasteiger partial charge in [0.2, 0.25) is 5.91 Å². The molecule has 0 bridgehead atoms. The van der Waals surface area contributed by atoms with Crippen LogP contribution in [-0.2, 0) is 24.4 Å². The van der Waals surface area contributed by atoms with E-state index in [1.165, 1.54) is 17.3 Å². The van der Waals surface area contributed by atoms with Gasteiger partial charge in [-0.2, -0.15) is 0 Å². The number of hydrogen-bond acceptors (Lipinski definition) is 5. The van der Waals surface area contributed by atoms with Crippen LogP contribution < -0.4 is 10.1 Å². The number of nitrogens with one attached hydrogen (secondary N) is 1. The highest BCUT2D eigenvalue weighted by molar-refractivity contribution is 8.00. The van der Waals surface area contributed by atoms with Gasteiger partial charge in [0.1, 0.15) is 12.4 Å². The van der Waals surface area contributed by atoms with Gasteiger partial charge in [0, 0.05) is 13.1 Å². The topological polar surface area (TPSA) is 69.0 Å². The van der Waals surface area contributed by atoms with E-state index in [9.17, 15) is 4.79 Å². The Morgan fingerprint density at radius 2 is 1.89 bits per heavy atom. The Labute approximate surface area is 172 Å². The highest BCUT2D eigenvalue weighted by Crippen LogP contribution is 2.24. The first-order valence-electron chi connectivity index (χ1n) is 10.0. The fourth-order valence-corrected chi connectivity index (χ4v) is 3.54. The summed E-state index contributed by atoms with van der Waals surface area (Å²) in [6.07, 6.45) is 1.93. The fraction of sp³-hybridized carbons (Fsp3) is 0.571. The number of ether oxygens (including phenoxy) is 1. The standard InChI is InChI=1S/C21H32N4O2S/c1-6-12-22-20(26)16(5)28-21-24-23-19(25(21)13-15(3)4)14-27-18-10-8-17(7-2)9-11-18/h8-11,15-16H,6-7,12-14H2,1-5H3,(H,22,26). The summed E-state index contributed by atoms with van der Waals surface area (Å²) in [6.45, 7) is 12.2. The number of aromatic nitrogens is 3. The predicted molar refractivity (Wildman–Crippen MR) is 114 cm³/mol. The Balaban J connectivity index is 2.08. The average molecular weight is 405 g/mol. The molecule has 2 rings (SSSR count). The number of benzene rings is 1. The highest BCUT2D eigenvalue weighted by Gasteiger charge is 2.20. The molecule has 0 aliphatic carbocycles. The van der Waals surface area contributed by atoms with E-state index < -0.39 is 0 Å². The van der Waals surface area contributed by atoms with E-state index in [2.05, 4.69) is 53.0 Å². The molecular weight excluding hydrogens is 372 g/mol. The normalized spacial score (nSPS) is 12.2. The zero-order chi connectivity index (χ0) is 20.5. The van der Waals surface area contributed by atoms with Crippen LogP contribution in [-0.4, -0.2) is 32.5 Å². The van der Waals surface area contributed by atoms with Crippen LogP contribution in [0.4, 0.5) is 0 Å². The lowest BCUT2D eigenvalue weighted by Crippen LogP contribution is -2.31. The first-order valence-corrected chi connectivity index (χ1v) is 10.9. The molecule has 0 aliphatic rings. The molecule has 1 aromatic carbocycles. The number of carbonyl (C=O) groups excluding carboxylic acids is 1. The smallest absolute Gasteiger partial charge is 0.233 e. The predicted octanol–water partition coefficient (Wildman–Crippen LogP) is 4.08. The minimum absolute atomic E-state index is 0.0276.